The van der Waals surface area contributed by atoms with Crippen LogP contribution in [0.4, 0.5) is 0 Å². The lowest BCUT2D eigenvalue weighted by Gasteiger charge is -2.43. The van der Waals surface area contributed by atoms with Crippen molar-refractivity contribution >= 4 is 5.91 Å². The second-order valence-electron chi connectivity index (χ2n) is 6.62. The van der Waals surface area contributed by atoms with Gasteiger partial charge < -0.3 is 10.1 Å². The van der Waals surface area contributed by atoms with E-state index in [2.05, 4.69) is 34.3 Å². The van der Waals surface area contributed by atoms with Crippen molar-refractivity contribution in [3.63, 3.8) is 0 Å². The Bertz CT molecular complexity index is 520. The maximum absolute atomic E-state index is 12.3. The molecule has 2 fully saturated rings. The highest BCUT2D eigenvalue weighted by Crippen LogP contribution is 2.38. The lowest BCUT2D eigenvalue weighted by Crippen LogP contribution is -2.56. The zero-order chi connectivity index (χ0) is 15.6. The van der Waals surface area contributed by atoms with Crippen LogP contribution < -0.4 is 5.32 Å². The van der Waals surface area contributed by atoms with E-state index in [4.69, 9.17) is 4.74 Å². The molecule has 3 rings (SSSR count). The summed E-state index contributed by atoms with van der Waals surface area (Å²) in [4.78, 5) is 14.7. The van der Waals surface area contributed by atoms with Crippen molar-refractivity contribution in [3.8, 4) is 0 Å². The number of aromatic amines is 1. The van der Waals surface area contributed by atoms with Crippen molar-refractivity contribution in [2.75, 3.05) is 32.8 Å². The molecule has 0 aromatic carbocycles. The summed E-state index contributed by atoms with van der Waals surface area (Å²) in [6.07, 6.45) is 3.39. The number of hydrogen-bond acceptors (Lipinski definition) is 4. The molecule has 1 amide bonds. The van der Waals surface area contributed by atoms with E-state index in [-0.39, 0.29) is 11.4 Å². The predicted molar refractivity (Wildman–Crippen MR) is 84.0 cm³/mol. The molecule has 1 saturated carbocycles. The standard InChI is InChI=1S/C16H26N4O2/c1-3-16(2,20-6-8-22-9-7-20)11-17-15(21)14-10-13(18-19-14)12-4-5-12/h10,12H,3-9,11H2,1-2H3,(H,17,21)(H,18,19)/t16-/m0/s1. The Labute approximate surface area is 131 Å². The minimum absolute atomic E-state index is 0.0327. The molecule has 2 N–H and O–H groups in total. The molecule has 1 aromatic rings. The number of H-pyrrole nitrogens is 1. The maximum atomic E-state index is 12.3. The topological polar surface area (TPSA) is 70.2 Å². The van der Waals surface area contributed by atoms with Crippen LogP contribution in [0.3, 0.4) is 0 Å². The number of morpholine rings is 1. The first kappa shape index (κ1) is 15.5. The largest absolute Gasteiger partial charge is 0.379 e. The van der Waals surface area contributed by atoms with Gasteiger partial charge in [-0.15, -0.1) is 0 Å². The molecule has 6 heteroatoms. The van der Waals surface area contributed by atoms with Crippen LogP contribution in [0.25, 0.3) is 0 Å². The quantitative estimate of drug-likeness (QED) is 0.836. The van der Waals surface area contributed by atoms with Gasteiger partial charge in [0.2, 0.25) is 0 Å². The van der Waals surface area contributed by atoms with Gasteiger partial charge in [0, 0.05) is 36.8 Å². The number of nitrogens with one attached hydrogen (secondary N) is 2. The first-order valence-corrected chi connectivity index (χ1v) is 8.29. The summed E-state index contributed by atoms with van der Waals surface area (Å²) in [7, 11) is 0. The number of ether oxygens (including phenoxy) is 1. The van der Waals surface area contributed by atoms with E-state index in [1.54, 1.807) is 0 Å². The number of nitrogens with zero attached hydrogens (tertiary/aromatic N) is 2. The molecule has 2 aliphatic rings. The SMILES string of the molecule is CC[C@@](C)(CNC(=O)c1cc(C2CC2)[nH]n1)N1CCOCC1. The molecule has 1 aliphatic heterocycles. The molecule has 22 heavy (non-hydrogen) atoms. The number of aromatic nitrogens is 2. The fourth-order valence-corrected chi connectivity index (χ4v) is 2.98. The number of carbonyl (C=O) groups excluding carboxylic acids is 1. The van der Waals surface area contributed by atoms with Crippen LogP contribution in [-0.4, -0.2) is 59.4 Å². The van der Waals surface area contributed by atoms with E-state index in [9.17, 15) is 4.79 Å². The van der Waals surface area contributed by atoms with Crippen molar-refractivity contribution in [2.45, 2.75) is 44.6 Å². The van der Waals surface area contributed by atoms with Crippen LogP contribution in [0.5, 0.6) is 0 Å². The van der Waals surface area contributed by atoms with Gasteiger partial charge in [-0.2, -0.15) is 5.10 Å². The van der Waals surface area contributed by atoms with Crippen LogP contribution in [-0.2, 0) is 4.74 Å². The Morgan fingerprint density at radius 3 is 2.86 bits per heavy atom. The Morgan fingerprint density at radius 2 is 2.23 bits per heavy atom. The molecule has 1 aliphatic carbocycles. The summed E-state index contributed by atoms with van der Waals surface area (Å²) in [5.74, 6) is 0.499. The first-order valence-electron chi connectivity index (χ1n) is 8.29. The molecule has 122 valence electrons. The monoisotopic (exact) mass is 306 g/mol. The molecule has 1 atom stereocenters. The van der Waals surface area contributed by atoms with E-state index in [0.717, 1.165) is 38.4 Å². The van der Waals surface area contributed by atoms with Crippen LogP contribution in [0.2, 0.25) is 0 Å². The normalized spacial score (nSPS) is 22.3. The maximum Gasteiger partial charge on any atom is 0.271 e. The molecule has 1 saturated heterocycles. The highest BCUT2D eigenvalue weighted by molar-refractivity contribution is 5.92. The summed E-state index contributed by atoms with van der Waals surface area (Å²) < 4.78 is 5.42. The van der Waals surface area contributed by atoms with Gasteiger partial charge >= 0.3 is 0 Å². The van der Waals surface area contributed by atoms with Gasteiger partial charge in [0.05, 0.1) is 13.2 Å². The van der Waals surface area contributed by atoms with Crippen LogP contribution in [0.1, 0.15) is 55.2 Å². The van der Waals surface area contributed by atoms with Crippen molar-refractivity contribution in [3.05, 3.63) is 17.5 Å². The van der Waals surface area contributed by atoms with E-state index >= 15 is 0 Å². The van der Waals surface area contributed by atoms with Gasteiger partial charge in [-0.25, -0.2) is 0 Å². The third kappa shape index (κ3) is 3.33. The second-order valence-corrected chi connectivity index (χ2v) is 6.62. The Kier molecular flexibility index (Phi) is 4.49. The fourth-order valence-electron chi connectivity index (χ4n) is 2.98. The van der Waals surface area contributed by atoms with Crippen LogP contribution >= 0.6 is 0 Å². The number of carbonyl (C=O) groups is 1. The van der Waals surface area contributed by atoms with Gasteiger partial charge in [0.15, 0.2) is 0 Å². The molecule has 0 bridgehead atoms. The van der Waals surface area contributed by atoms with Crippen LogP contribution in [0.15, 0.2) is 6.07 Å². The summed E-state index contributed by atoms with van der Waals surface area (Å²) in [5, 5.41) is 10.2. The number of hydrogen-bond donors (Lipinski definition) is 2. The van der Waals surface area contributed by atoms with Crippen LogP contribution in [0, 0.1) is 0 Å². The van der Waals surface area contributed by atoms with E-state index in [1.165, 1.54) is 12.8 Å². The number of amides is 1. The summed E-state index contributed by atoms with van der Waals surface area (Å²) in [5.41, 5.74) is 1.56. The lowest BCUT2D eigenvalue weighted by molar-refractivity contribution is -0.0169. The molecular formula is C16H26N4O2. The number of rotatable bonds is 6. The minimum Gasteiger partial charge on any atom is -0.379 e. The second kappa shape index (κ2) is 6.38. The van der Waals surface area contributed by atoms with Gasteiger partial charge in [-0.05, 0) is 32.3 Å². The lowest BCUT2D eigenvalue weighted by atomic mass is 9.95. The zero-order valence-electron chi connectivity index (χ0n) is 13.5. The van der Waals surface area contributed by atoms with Gasteiger partial charge in [0.1, 0.15) is 5.69 Å². The average Bonchev–Trinajstić information content (AvgIpc) is 3.30. The minimum atomic E-state index is -0.0870. The average molecular weight is 306 g/mol. The first-order chi connectivity index (χ1) is 10.6. The molecule has 1 aromatic heterocycles. The zero-order valence-corrected chi connectivity index (χ0v) is 13.5. The Hall–Kier alpha value is -1.40. The van der Waals surface area contributed by atoms with E-state index in [1.807, 2.05) is 6.07 Å². The van der Waals surface area contributed by atoms with Gasteiger partial charge in [-0.1, -0.05) is 6.92 Å². The smallest absolute Gasteiger partial charge is 0.271 e. The van der Waals surface area contributed by atoms with Gasteiger partial charge in [0.25, 0.3) is 5.91 Å². The molecule has 6 nitrogen and oxygen atoms in total. The highest BCUT2D eigenvalue weighted by Gasteiger charge is 2.32. The molecule has 0 unspecified atom stereocenters. The summed E-state index contributed by atoms with van der Waals surface area (Å²) in [6.45, 7) is 8.40. The third-order valence-corrected chi connectivity index (χ3v) is 5.01. The van der Waals surface area contributed by atoms with Crippen molar-refractivity contribution in [1.29, 1.82) is 0 Å². The van der Waals surface area contributed by atoms with Crippen molar-refractivity contribution in [2.24, 2.45) is 0 Å². The predicted octanol–water partition coefficient (Wildman–Crippen LogP) is 1.52. The molecule has 0 spiro atoms. The Morgan fingerprint density at radius 1 is 1.50 bits per heavy atom. The van der Waals surface area contributed by atoms with E-state index in [0.29, 0.717) is 18.2 Å². The molecular weight excluding hydrogens is 280 g/mol. The molecule has 2 heterocycles. The highest BCUT2D eigenvalue weighted by atomic mass is 16.5. The summed E-state index contributed by atoms with van der Waals surface area (Å²) in [6, 6.07) is 1.89. The Balaban J connectivity index is 1.57. The van der Waals surface area contributed by atoms with Crippen molar-refractivity contribution < 1.29 is 9.53 Å². The van der Waals surface area contributed by atoms with E-state index < -0.39 is 0 Å². The van der Waals surface area contributed by atoms with Gasteiger partial charge in [-0.3, -0.25) is 14.8 Å². The third-order valence-electron chi connectivity index (χ3n) is 5.01. The fraction of sp³-hybridized carbons (Fsp3) is 0.750. The van der Waals surface area contributed by atoms with Crippen molar-refractivity contribution in [1.82, 2.24) is 20.4 Å². The summed E-state index contributed by atoms with van der Waals surface area (Å²) >= 11 is 0. The molecule has 0 radical (unpaired) electrons.